The van der Waals surface area contributed by atoms with Crippen LogP contribution in [-0.2, 0) is 4.74 Å². The molecule has 2 rings (SSSR count). The van der Waals surface area contributed by atoms with Crippen LogP contribution in [0.15, 0.2) is 18.2 Å². The summed E-state index contributed by atoms with van der Waals surface area (Å²) in [5.41, 5.74) is 1.25. The molecule has 2 amide bonds. The van der Waals surface area contributed by atoms with Crippen molar-refractivity contribution in [3.63, 3.8) is 0 Å². The van der Waals surface area contributed by atoms with Gasteiger partial charge in [-0.05, 0) is 32.4 Å². The molecular weight excluding hydrogens is 272 g/mol. The Bertz CT molecular complexity index is 544. The zero-order chi connectivity index (χ0) is 15.4. The molecule has 0 aromatic heterocycles. The van der Waals surface area contributed by atoms with E-state index in [0.717, 1.165) is 12.0 Å². The third-order valence-electron chi connectivity index (χ3n) is 3.39. The quantitative estimate of drug-likeness (QED) is 0.877. The Labute approximate surface area is 123 Å². The topological polar surface area (TPSA) is 78.9 Å². The number of amides is 2. The van der Waals surface area contributed by atoms with Gasteiger partial charge in [-0.3, -0.25) is 0 Å². The number of carboxylic acids is 1. The van der Waals surface area contributed by atoms with Crippen molar-refractivity contribution in [3.8, 4) is 0 Å². The van der Waals surface area contributed by atoms with Crippen molar-refractivity contribution in [1.29, 1.82) is 0 Å². The van der Waals surface area contributed by atoms with Crippen LogP contribution in [0.5, 0.6) is 0 Å². The predicted octanol–water partition coefficient (Wildman–Crippen LogP) is 2.34. The maximum Gasteiger partial charge on any atom is 0.337 e. The fraction of sp³-hybridized carbons (Fsp3) is 0.467. The third kappa shape index (κ3) is 3.95. The summed E-state index contributed by atoms with van der Waals surface area (Å²) in [6.45, 7) is 5.46. The van der Waals surface area contributed by atoms with Crippen molar-refractivity contribution in [2.24, 2.45) is 0 Å². The van der Waals surface area contributed by atoms with Crippen molar-refractivity contribution in [2.75, 3.05) is 25.0 Å². The number of nitrogens with zero attached hydrogens (tertiary/aromatic N) is 1. The molecule has 1 fully saturated rings. The molecule has 21 heavy (non-hydrogen) atoms. The number of hydrogen-bond donors (Lipinski definition) is 2. The number of benzene rings is 1. The zero-order valence-corrected chi connectivity index (χ0v) is 12.3. The van der Waals surface area contributed by atoms with E-state index in [9.17, 15) is 14.7 Å². The Morgan fingerprint density at radius 3 is 2.90 bits per heavy atom. The Morgan fingerprint density at radius 2 is 2.19 bits per heavy atom. The van der Waals surface area contributed by atoms with E-state index in [1.54, 1.807) is 23.1 Å². The normalized spacial score (nSPS) is 19.0. The lowest BCUT2D eigenvalue weighted by Crippen LogP contribution is -2.39. The lowest BCUT2D eigenvalue weighted by Gasteiger charge is -2.23. The van der Waals surface area contributed by atoms with Crippen LogP contribution < -0.4 is 5.32 Å². The molecule has 1 unspecified atom stereocenters. The van der Waals surface area contributed by atoms with Crippen molar-refractivity contribution < 1.29 is 19.4 Å². The van der Waals surface area contributed by atoms with E-state index >= 15 is 0 Å². The van der Waals surface area contributed by atoms with E-state index < -0.39 is 5.97 Å². The summed E-state index contributed by atoms with van der Waals surface area (Å²) < 4.78 is 5.50. The predicted molar refractivity (Wildman–Crippen MR) is 78.8 cm³/mol. The van der Waals surface area contributed by atoms with Crippen molar-refractivity contribution in [2.45, 2.75) is 26.4 Å². The highest BCUT2D eigenvalue weighted by atomic mass is 16.5. The first-order chi connectivity index (χ1) is 9.97. The van der Waals surface area contributed by atoms with E-state index in [-0.39, 0.29) is 17.7 Å². The fourth-order valence-electron chi connectivity index (χ4n) is 2.32. The Kier molecular flexibility index (Phi) is 4.80. The lowest BCUT2D eigenvalue weighted by molar-refractivity contribution is 0.0696. The van der Waals surface area contributed by atoms with Crippen LogP contribution in [0, 0.1) is 6.92 Å². The molecule has 1 saturated heterocycles. The van der Waals surface area contributed by atoms with Crippen LogP contribution in [-0.4, -0.2) is 47.8 Å². The lowest BCUT2D eigenvalue weighted by atomic mass is 10.1. The molecule has 1 aromatic carbocycles. The van der Waals surface area contributed by atoms with Crippen LogP contribution in [0.25, 0.3) is 0 Å². The molecule has 1 aliphatic rings. The molecule has 0 saturated carbocycles. The molecule has 1 atom stereocenters. The van der Waals surface area contributed by atoms with Gasteiger partial charge in [-0.15, -0.1) is 0 Å². The number of carbonyl (C=O) groups excluding carboxylic acids is 1. The minimum absolute atomic E-state index is 0.0183. The van der Waals surface area contributed by atoms with E-state index in [2.05, 4.69) is 5.32 Å². The number of carbonyl (C=O) groups is 2. The minimum atomic E-state index is -1.05. The summed E-state index contributed by atoms with van der Waals surface area (Å²) in [5, 5.41) is 11.9. The Hall–Kier alpha value is -2.08. The van der Waals surface area contributed by atoms with Crippen LogP contribution in [0.4, 0.5) is 10.5 Å². The molecule has 1 heterocycles. The summed E-state index contributed by atoms with van der Waals surface area (Å²) in [6.07, 6.45) is 0.757. The van der Waals surface area contributed by atoms with Gasteiger partial charge >= 0.3 is 12.0 Å². The summed E-state index contributed by atoms with van der Waals surface area (Å²) in [5.74, 6) is -1.05. The van der Waals surface area contributed by atoms with Gasteiger partial charge in [0.2, 0.25) is 0 Å². The molecule has 2 N–H and O–H groups in total. The largest absolute Gasteiger partial charge is 0.478 e. The van der Waals surface area contributed by atoms with Gasteiger partial charge < -0.3 is 20.1 Å². The van der Waals surface area contributed by atoms with E-state index in [1.165, 1.54) is 0 Å². The number of aromatic carboxylic acids is 1. The summed E-state index contributed by atoms with van der Waals surface area (Å²) in [7, 11) is 0. The van der Waals surface area contributed by atoms with Crippen molar-refractivity contribution >= 4 is 17.7 Å². The molecule has 0 bridgehead atoms. The molecule has 0 spiro atoms. The van der Waals surface area contributed by atoms with Gasteiger partial charge in [-0.1, -0.05) is 11.6 Å². The smallest absolute Gasteiger partial charge is 0.337 e. The van der Waals surface area contributed by atoms with Crippen molar-refractivity contribution in [3.05, 3.63) is 29.3 Å². The molecule has 114 valence electrons. The summed E-state index contributed by atoms with van der Waals surface area (Å²) in [6, 6.07) is 4.65. The van der Waals surface area contributed by atoms with Gasteiger partial charge in [0.15, 0.2) is 0 Å². The minimum Gasteiger partial charge on any atom is -0.478 e. The number of nitrogens with one attached hydrogen (secondary N) is 1. The number of carboxylic acid groups (broad SMARTS) is 1. The molecule has 1 aromatic rings. The monoisotopic (exact) mass is 292 g/mol. The van der Waals surface area contributed by atoms with Gasteiger partial charge in [-0.25, -0.2) is 9.59 Å². The first kappa shape index (κ1) is 15.3. The summed E-state index contributed by atoms with van der Waals surface area (Å²) in [4.78, 5) is 25.2. The summed E-state index contributed by atoms with van der Waals surface area (Å²) >= 11 is 0. The first-order valence-corrected chi connectivity index (χ1v) is 6.99. The first-order valence-electron chi connectivity index (χ1n) is 6.99. The van der Waals surface area contributed by atoms with Crippen LogP contribution in [0.1, 0.15) is 29.3 Å². The van der Waals surface area contributed by atoms with Gasteiger partial charge in [-0.2, -0.15) is 0 Å². The van der Waals surface area contributed by atoms with Gasteiger partial charge in [0, 0.05) is 19.7 Å². The van der Waals surface area contributed by atoms with E-state index in [4.69, 9.17) is 4.74 Å². The number of rotatable bonds is 2. The molecular formula is C15H20N2O4. The van der Waals surface area contributed by atoms with Gasteiger partial charge in [0.1, 0.15) is 0 Å². The molecule has 6 nitrogen and oxygen atoms in total. The van der Waals surface area contributed by atoms with Crippen LogP contribution in [0.2, 0.25) is 0 Å². The average Bonchev–Trinajstić information content (AvgIpc) is 2.65. The highest BCUT2D eigenvalue weighted by Crippen LogP contribution is 2.18. The second-order valence-corrected chi connectivity index (χ2v) is 5.27. The number of anilines is 1. The standard InChI is InChI=1S/C15H20N2O4/c1-10-4-5-13(12(8-10)14(18)19)16-15(20)17-6-3-7-21-11(2)9-17/h4-5,8,11H,3,6-7,9H2,1-2H3,(H,16,20)(H,18,19). The second kappa shape index (κ2) is 6.58. The number of urea groups is 1. The second-order valence-electron chi connectivity index (χ2n) is 5.27. The SMILES string of the molecule is Cc1ccc(NC(=O)N2CCCOC(C)C2)c(C(=O)O)c1. The Balaban J connectivity index is 2.13. The van der Waals surface area contributed by atoms with E-state index in [0.29, 0.717) is 25.4 Å². The Morgan fingerprint density at radius 1 is 1.43 bits per heavy atom. The highest BCUT2D eigenvalue weighted by Gasteiger charge is 2.21. The number of aryl methyl sites for hydroxylation is 1. The molecule has 6 heteroatoms. The molecule has 1 aliphatic heterocycles. The van der Waals surface area contributed by atoms with Gasteiger partial charge in [0.05, 0.1) is 17.4 Å². The van der Waals surface area contributed by atoms with E-state index in [1.807, 2.05) is 13.8 Å². The molecule has 0 radical (unpaired) electrons. The van der Waals surface area contributed by atoms with Crippen LogP contribution in [0.3, 0.4) is 0 Å². The fourth-order valence-corrected chi connectivity index (χ4v) is 2.32. The number of hydrogen-bond acceptors (Lipinski definition) is 3. The van der Waals surface area contributed by atoms with Crippen LogP contribution >= 0.6 is 0 Å². The zero-order valence-electron chi connectivity index (χ0n) is 12.3. The molecule has 0 aliphatic carbocycles. The van der Waals surface area contributed by atoms with Gasteiger partial charge in [0.25, 0.3) is 0 Å². The van der Waals surface area contributed by atoms with Crippen molar-refractivity contribution in [1.82, 2.24) is 4.90 Å². The number of ether oxygens (including phenoxy) is 1. The third-order valence-corrected chi connectivity index (χ3v) is 3.39. The average molecular weight is 292 g/mol. The highest BCUT2D eigenvalue weighted by molar-refractivity contribution is 6.00. The maximum atomic E-state index is 12.3. The maximum absolute atomic E-state index is 12.3.